The van der Waals surface area contributed by atoms with Crippen LogP contribution in [0.3, 0.4) is 0 Å². The number of nitrogens with one attached hydrogen (secondary N) is 1. The molecule has 0 aromatic heterocycles. The molecular weight excluding hydrogens is 190 g/mol. The van der Waals surface area contributed by atoms with Crippen molar-refractivity contribution in [3.05, 3.63) is 0 Å². The van der Waals surface area contributed by atoms with Gasteiger partial charge in [-0.05, 0) is 19.8 Å². The van der Waals surface area contributed by atoms with Crippen LogP contribution in [0.2, 0.25) is 0 Å². The molecule has 5 heteroatoms. The summed E-state index contributed by atoms with van der Waals surface area (Å²) in [6.45, 7) is 6.54. The van der Waals surface area contributed by atoms with Crippen molar-refractivity contribution in [3.63, 3.8) is 0 Å². The predicted molar refractivity (Wildman–Crippen MR) is 51.9 cm³/mol. The van der Waals surface area contributed by atoms with Gasteiger partial charge in [-0.2, -0.15) is 0 Å². The van der Waals surface area contributed by atoms with E-state index in [-0.39, 0.29) is 17.5 Å². The summed E-state index contributed by atoms with van der Waals surface area (Å²) in [6.07, 6.45) is 0. The second-order valence-electron chi connectivity index (χ2n) is 3.63. The Hall–Kier alpha value is -0.420. The first-order valence-electron chi connectivity index (χ1n) is 4.25. The third-order valence-electron chi connectivity index (χ3n) is 1.52. The fourth-order valence-corrected chi connectivity index (χ4v) is 2.52. The third-order valence-corrected chi connectivity index (χ3v) is 3.34. The molecule has 4 nitrogen and oxygen atoms in total. The zero-order valence-electron chi connectivity index (χ0n) is 8.49. The average molecular weight is 207 g/mol. The van der Waals surface area contributed by atoms with Gasteiger partial charge in [0, 0.05) is 0 Å². The third kappa shape index (κ3) is 5.76. The van der Waals surface area contributed by atoms with Crippen molar-refractivity contribution in [2.45, 2.75) is 33.7 Å². The monoisotopic (exact) mass is 207 g/mol. The largest absolute Gasteiger partial charge is 0.298 e. The van der Waals surface area contributed by atoms with Crippen molar-refractivity contribution < 1.29 is 13.2 Å². The van der Waals surface area contributed by atoms with Crippen molar-refractivity contribution in [1.29, 1.82) is 0 Å². The van der Waals surface area contributed by atoms with E-state index in [0.29, 0.717) is 0 Å². The fourth-order valence-electron chi connectivity index (χ4n) is 0.839. The lowest BCUT2D eigenvalue weighted by molar-refractivity contribution is -0.118. The first-order valence-corrected chi connectivity index (χ1v) is 5.90. The SMILES string of the molecule is CC(=O)C(C)NS(=O)(=O)CC(C)C. The van der Waals surface area contributed by atoms with E-state index in [0.717, 1.165) is 0 Å². The quantitative estimate of drug-likeness (QED) is 0.715. The number of hydrogen-bond acceptors (Lipinski definition) is 3. The second kappa shape index (κ2) is 4.72. The molecule has 0 heterocycles. The molecule has 0 saturated carbocycles. The molecule has 0 aromatic carbocycles. The Labute approximate surface area is 79.8 Å². The van der Waals surface area contributed by atoms with E-state index in [1.807, 2.05) is 13.8 Å². The lowest BCUT2D eigenvalue weighted by Gasteiger charge is -2.12. The Balaban J connectivity index is 4.27. The Morgan fingerprint density at radius 2 is 1.77 bits per heavy atom. The van der Waals surface area contributed by atoms with Crippen LogP contribution in [-0.4, -0.2) is 26.0 Å². The van der Waals surface area contributed by atoms with Gasteiger partial charge in [0.15, 0.2) is 0 Å². The van der Waals surface area contributed by atoms with E-state index in [9.17, 15) is 13.2 Å². The Morgan fingerprint density at radius 3 is 2.08 bits per heavy atom. The number of rotatable bonds is 5. The van der Waals surface area contributed by atoms with E-state index in [4.69, 9.17) is 0 Å². The van der Waals surface area contributed by atoms with Gasteiger partial charge in [0.2, 0.25) is 10.0 Å². The second-order valence-corrected chi connectivity index (χ2v) is 5.42. The van der Waals surface area contributed by atoms with Gasteiger partial charge in [-0.1, -0.05) is 13.8 Å². The van der Waals surface area contributed by atoms with Gasteiger partial charge < -0.3 is 0 Å². The first-order chi connectivity index (χ1) is 5.74. The highest BCUT2D eigenvalue weighted by molar-refractivity contribution is 7.89. The molecule has 0 saturated heterocycles. The number of Topliss-reactive ketones (excluding diaryl/α,β-unsaturated/α-hetero) is 1. The standard InChI is InChI=1S/C8H17NO3S/c1-6(2)5-13(11,12)9-7(3)8(4)10/h6-7,9H,5H2,1-4H3. The zero-order valence-corrected chi connectivity index (χ0v) is 9.31. The molecule has 0 radical (unpaired) electrons. The fraction of sp³-hybridized carbons (Fsp3) is 0.875. The van der Waals surface area contributed by atoms with Crippen LogP contribution in [0.15, 0.2) is 0 Å². The normalized spacial score (nSPS) is 14.5. The maximum atomic E-state index is 11.3. The molecule has 0 aliphatic rings. The highest BCUT2D eigenvalue weighted by atomic mass is 32.2. The van der Waals surface area contributed by atoms with Crippen LogP contribution < -0.4 is 4.72 Å². The highest BCUT2D eigenvalue weighted by Crippen LogP contribution is 1.99. The van der Waals surface area contributed by atoms with Crippen LogP contribution >= 0.6 is 0 Å². The van der Waals surface area contributed by atoms with E-state index in [2.05, 4.69) is 4.72 Å². The number of carbonyl (C=O) groups is 1. The van der Waals surface area contributed by atoms with Crippen molar-refractivity contribution in [2.24, 2.45) is 5.92 Å². The summed E-state index contributed by atoms with van der Waals surface area (Å²) in [4.78, 5) is 10.8. The molecule has 13 heavy (non-hydrogen) atoms. The molecule has 0 aliphatic heterocycles. The van der Waals surface area contributed by atoms with Crippen LogP contribution in [0.4, 0.5) is 0 Å². The van der Waals surface area contributed by atoms with Crippen molar-refractivity contribution in [3.8, 4) is 0 Å². The minimum atomic E-state index is -3.30. The van der Waals surface area contributed by atoms with Crippen LogP contribution in [-0.2, 0) is 14.8 Å². The Bertz CT molecular complexity index is 269. The maximum absolute atomic E-state index is 11.3. The summed E-state index contributed by atoms with van der Waals surface area (Å²) in [6, 6.07) is -0.622. The molecule has 0 rings (SSSR count). The summed E-state index contributed by atoms with van der Waals surface area (Å²) in [5.41, 5.74) is 0. The highest BCUT2D eigenvalue weighted by Gasteiger charge is 2.18. The van der Waals surface area contributed by atoms with Gasteiger partial charge >= 0.3 is 0 Å². The van der Waals surface area contributed by atoms with Crippen molar-refractivity contribution in [2.75, 3.05) is 5.75 Å². The molecule has 0 amide bonds. The molecule has 1 N–H and O–H groups in total. The molecule has 0 bridgehead atoms. The maximum Gasteiger partial charge on any atom is 0.212 e. The topological polar surface area (TPSA) is 63.2 Å². The summed E-state index contributed by atoms with van der Waals surface area (Å²) in [7, 11) is -3.30. The smallest absolute Gasteiger partial charge is 0.212 e. The van der Waals surface area contributed by atoms with Gasteiger partial charge in [0.1, 0.15) is 5.78 Å². The van der Waals surface area contributed by atoms with Gasteiger partial charge in [-0.3, -0.25) is 4.79 Å². The molecule has 0 spiro atoms. The van der Waals surface area contributed by atoms with E-state index < -0.39 is 16.1 Å². The molecule has 0 aromatic rings. The molecule has 0 fully saturated rings. The summed E-state index contributed by atoms with van der Waals surface area (Å²) < 4.78 is 24.9. The van der Waals surface area contributed by atoms with Crippen LogP contribution in [0.5, 0.6) is 0 Å². The minimum Gasteiger partial charge on any atom is -0.298 e. The van der Waals surface area contributed by atoms with Gasteiger partial charge in [0.25, 0.3) is 0 Å². The van der Waals surface area contributed by atoms with Gasteiger partial charge in [-0.25, -0.2) is 13.1 Å². The van der Waals surface area contributed by atoms with Crippen LogP contribution in [0.1, 0.15) is 27.7 Å². The molecule has 1 unspecified atom stereocenters. The summed E-state index contributed by atoms with van der Waals surface area (Å²) in [5.74, 6) is -0.0473. The van der Waals surface area contributed by atoms with E-state index in [1.54, 1.807) is 6.92 Å². The van der Waals surface area contributed by atoms with Gasteiger partial charge in [0.05, 0.1) is 11.8 Å². The zero-order chi connectivity index (χ0) is 10.6. The van der Waals surface area contributed by atoms with Gasteiger partial charge in [-0.15, -0.1) is 0 Å². The minimum absolute atomic E-state index is 0.0601. The van der Waals surface area contributed by atoms with Crippen molar-refractivity contribution in [1.82, 2.24) is 4.72 Å². The number of ketones is 1. The molecular formula is C8H17NO3S. The molecule has 78 valence electrons. The summed E-state index contributed by atoms with van der Waals surface area (Å²) >= 11 is 0. The van der Waals surface area contributed by atoms with Crippen molar-refractivity contribution >= 4 is 15.8 Å². The van der Waals surface area contributed by atoms with Crippen LogP contribution in [0, 0.1) is 5.92 Å². The summed E-state index contributed by atoms with van der Waals surface area (Å²) in [5, 5.41) is 0. The van der Waals surface area contributed by atoms with E-state index >= 15 is 0 Å². The van der Waals surface area contributed by atoms with E-state index in [1.165, 1.54) is 6.92 Å². The predicted octanol–water partition coefficient (Wildman–Crippen LogP) is 0.539. The Kier molecular flexibility index (Phi) is 4.56. The lowest BCUT2D eigenvalue weighted by Crippen LogP contribution is -2.39. The molecule has 0 aliphatic carbocycles. The van der Waals surface area contributed by atoms with Crippen LogP contribution in [0.25, 0.3) is 0 Å². The molecule has 1 atom stereocenters. The Morgan fingerprint density at radius 1 is 1.31 bits per heavy atom. The number of sulfonamides is 1. The number of carbonyl (C=O) groups excluding carboxylic acids is 1. The average Bonchev–Trinajstić information content (AvgIpc) is 1.81. The lowest BCUT2D eigenvalue weighted by atomic mass is 10.3. The number of hydrogen-bond donors (Lipinski definition) is 1. The first kappa shape index (κ1) is 12.6.